The molecule has 0 saturated heterocycles. The van der Waals surface area contributed by atoms with Gasteiger partial charge in [0.1, 0.15) is 17.4 Å². The van der Waals surface area contributed by atoms with Crippen molar-refractivity contribution in [2.75, 3.05) is 12.4 Å². The first-order valence-corrected chi connectivity index (χ1v) is 8.39. The third-order valence-corrected chi connectivity index (χ3v) is 4.20. The molecule has 1 aromatic heterocycles. The van der Waals surface area contributed by atoms with Gasteiger partial charge in [-0.15, -0.1) is 0 Å². The van der Waals surface area contributed by atoms with Crippen LogP contribution in [0.25, 0.3) is 0 Å². The highest BCUT2D eigenvalue weighted by Gasteiger charge is 2.14. The summed E-state index contributed by atoms with van der Waals surface area (Å²) in [4.78, 5) is 15.9. The summed E-state index contributed by atoms with van der Waals surface area (Å²) >= 11 is 0. The molecule has 0 aliphatic carbocycles. The minimum atomic E-state index is -1.57. The van der Waals surface area contributed by atoms with E-state index in [0.717, 1.165) is 17.7 Å². The molecule has 0 bridgehead atoms. The number of hydrogen-bond donors (Lipinski definition) is 1. The molecule has 0 aliphatic heterocycles. The first kappa shape index (κ1) is 19.9. The lowest BCUT2D eigenvalue weighted by Crippen LogP contribution is -2.20. The molecule has 0 radical (unpaired) electrons. The van der Waals surface area contributed by atoms with Crippen LogP contribution in [-0.2, 0) is 6.54 Å². The first-order chi connectivity index (χ1) is 13.8. The van der Waals surface area contributed by atoms with Crippen molar-refractivity contribution in [3.63, 3.8) is 0 Å². The molecule has 0 aliphatic rings. The molecule has 0 fully saturated rings. The first-order valence-electron chi connectivity index (χ1n) is 8.39. The monoisotopic (exact) mass is 400 g/mol. The zero-order valence-electron chi connectivity index (χ0n) is 15.5. The second kappa shape index (κ2) is 8.06. The Labute approximate surface area is 163 Å². The van der Waals surface area contributed by atoms with E-state index in [2.05, 4.69) is 10.3 Å². The molecule has 0 spiro atoms. The van der Waals surface area contributed by atoms with E-state index in [-0.39, 0.29) is 23.6 Å². The van der Waals surface area contributed by atoms with Crippen molar-refractivity contribution in [1.29, 1.82) is 5.26 Å². The van der Waals surface area contributed by atoms with Gasteiger partial charge in [-0.2, -0.15) is 10.2 Å². The van der Waals surface area contributed by atoms with Gasteiger partial charge in [-0.05, 0) is 36.2 Å². The van der Waals surface area contributed by atoms with E-state index in [1.165, 1.54) is 17.9 Å². The van der Waals surface area contributed by atoms with Gasteiger partial charge in [-0.25, -0.2) is 13.2 Å². The average molecular weight is 400 g/mol. The van der Waals surface area contributed by atoms with Crippen molar-refractivity contribution in [3.8, 4) is 11.8 Å². The smallest absolute Gasteiger partial charge is 0.292 e. The Morgan fingerprint density at radius 3 is 2.52 bits per heavy atom. The van der Waals surface area contributed by atoms with Gasteiger partial charge in [0.15, 0.2) is 17.5 Å². The zero-order valence-corrected chi connectivity index (χ0v) is 15.5. The predicted molar refractivity (Wildman–Crippen MR) is 99.6 cm³/mol. The number of hydrogen-bond acceptors (Lipinski definition) is 5. The molecule has 3 aromatic rings. The van der Waals surface area contributed by atoms with Crippen molar-refractivity contribution < 1.29 is 17.9 Å². The quantitative estimate of drug-likeness (QED) is 0.662. The number of nitrogens with one attached hydrogen (secondary N) is 1. The van der Waals surface area contributed by atoms with Crippen LogP contribution >= 0.6 is 0 Å². The maximum Gasteiger partial charge on any atom is 0.292 e. The highest BCUT2D eigenvalue weighted by Crippen LogP contribution is 2.25. The lowest BCUT2D eigenvalue weighted by Gasteiger charge is -2.16. The zero-order chi connectivity index (χ0) is 21.1. The van der Waals surface area contributed by atoms with Crippen LogP contribution in [0.5, 0.6) is 5.75 Å². The predicted octanol–water partition coefficient (Wildman–Crippen LogP) is 3.64. The second-order valence-corrected chi connectivity index (χ2v) is 6.20. The highest BCUT2D eigenvalue weighted by atomic mass is 19.2. The van der Waals surface area contributed by atoms with Gasteiger partial charge in [-0.1, -0.05) is 6.07 Å². The fraction of sp³-hybridized carbons (Fsp3) is 0.150. The van der Waals surface area contributed by atoms with Gasteiger partial charge >= 0.3 is 0 Å². The number of ether oxygens (including phenoxy) is 1. The Morgan fingerprint density at radius 2 is 1.90 bits per heavy atom. The van der Waals surface area contributed by atoms with Crippen molar-refractivity contribution in [2.45, 2.75) is 13.5 Å². The number of nitrogens with zero attached hydrogens (tertiary/aromatic N) is 3. The van der Waals surface area contributed by atoms with Crippen LogP contribution in [0.15, 0.2) is 41.3 Å². The molecular formula is C20H15F3N4O2. The minimum Gasteiger partial charge on any atom is -0.497 e. The summed E-state index contributed by atoms with van der Waals surface area (Å²) in [5.41, 5.74) is 0.464. The Hall–Kier alpha value is -3.80. The molecule has 1 N–H and O–H groups in total. The fourth-order valence-corrected chi connectivity index (χ4v) is 2.67. The molecule has 1 heterocycles. The molecule has 148 valence electrons. The van der Waals surface area contributed by atoms with Crippen molar-refractivity contribution in [2.24, 2.45) is 0 Å². The van der Waals surface area contributed by atoms with Crippen LogP contribution < -0.4 is 15.6 Å². The fourth-order valence-electron chi connectivity index (χ4n) is 2.67. The third-order valence-electron chi connectivity index (χ3n) is 4.20. The Balaban J connectivity index is 2.07. The molecule has 2 aromatic carbocycles. The summed E-state index contributed by atoms with van der Waals surface area (Å²) in [6, 6.07) is 8.62. The Bertz CT molecular complexity index is 1160. The molecule has 0 atom stereocenters. The van der Waals surface area contributed by atoms with Gasteiger partial charge in [0.2, 0.25) is 5.95 Å². The second-order valence-electron chi connectivity index (χ2n) is 6.20. The molecule has 29 heavy (non-hydrogen) atoms. The maximum absolute atomic E-state index is 13.6. The summed E-state index contributed by atoms with van der Waals surface area (Å²) in [6.45, 7) is 1.65. The van der Waals surface area contributed by atoms with Crippen LogP contribution in [0, 0.1) is 35.7 Å². The van der Waals surface area contributed by atoms with Crippen LogP contribution in [-0.4, -0.2) is 16.7 Å². The van der Waals surface area contributed by atoms with E-state index < -0.39 is 23.0 Å². The normalized spacial score (nSPS) is 10.5. The molecular weight excluding hydrogens is 385 g/mol. The van der Waals surface area contributed by atoms with E-state index in [4.69, 9.17) is 10.00 Å². The van der Waals surface area contributed by atoms with Gasteiger partial charge in [0.05, 0.1) is 13.7 Å². The molecule has 0 amide bonds. The van der Waals surface area contributed by atoms with Crippen LogP contribution in [0.1, 0.15) is 16.7 Å². The number of aromatic nitrogens is 2. The lowest BCUT2D eigenvalue weighted by molar-refractivity contribution is 0.415. The SMILES string of the molecule is COc1ccc(C)c(Nc2nc(=O)c(C#N)cn2Cc2cc(F)c(F)c(F)c2)c1. The highest BCUT2D eigenvalue weighted by molar-refractivity contribution is 5.61. The molecule has 0 unspecified atom stereocenters. The van der Waals surface area contributed by atoms with E-state index in [1.807, 2.05) is 6.92 Å². The maximum atomic E-state index is 13.6. The molecule has 9 heteroatoms. The lowest BCUT2D eigenvalue weighted by atomic mass is 10.2. The minimum absolute atomic E-state index is 0.0375. The van der Waals surface area contributed by atoms with Crippen LogP contribution in [0.2, 0.25) is 0 Å². The van der Waals surface area contributed by atoms with E-state index >= 15 is 0 Å². The Kier molecular flexibility index (Phi) is 5.54. The third kappa shape index (κ3) is 4.21. The number of benzene rings is 2. The van der Waals surface area contributed by atoms with Crippen molar-refractivity contribution in [3.05, 3.63) is 81.0 Å². The van der Waals surface area contributed by atoms with Gasteiger partial charge in [-0.3, -0.25) is 4.79 Å². The largest absolute Gasteiger partial charge is 0.497 e. The number of nitriles is 1. The number of methoxy groups -OCH3 is 1. The van der Waals surface area contributed by atoms with Crippen LogP contribution in [0.4, 0.5) is 24.8 Å². The average Bonchev–Trinajstić information content (AvgIpc) is 2.69. The van der Waals surface area contributed by atoms with Crippen LogP contribution in [0.3, 0.4) is 0 Å². The number of rotatable bonds is 5. The van der Waals surface area contributed by atoms with E-state index in [1.54, 1.807) is 24.3 Å². The van der Waals surface area contributed by atoms with Crippen molar-refractivity contribution in [1.82, 2.24) is 9.55 Å². The summed E-state index contributed by atoms with van der Waals surface area (Å²) < 4.78 is 46.9. The number of anilines is 2. The summed E-state index contributed by atoms with van der Waals surface area (Å²) in [7, 11) is 1.50. The van der Waals surface area contributed by atoms with Gasteiger partial charge in [0.25, 0.3) is 5.56 Å². The summed E-state index contributed by atoms with van der Waals surface area (Å²) in [6.07, 6.45) is 1.21. The van der Waals surface area contributed by atoms with E-state index in [9.17, 15) is 18.0 Å². The number of halogens is 3. The molecule has 6 nitrogen and oxygen atoms in total. The number of aryl methyl sites for hydroxylation is 1. The summed E-state index contributed by atoms with van der Waals surface area (Å²) in [5.74, 6) is -3.66. The van der Waals surface area contributed by atoms with Crippen molar-refractivity contribution >= 4 is 11.6 Å². The summed E-state index contributed by atoms with van der Waals surface area (Å²) in [5, 5.41) is 12.1. The van der Waals surface area contributed by atoms with Gasteiger partial charge < -0.3 is 14.6 Å². The molecule has 3 rings (SSSR count). The van der Waals surface area contributed by atoms with Gasteiger partial charge in [0, 0.05) is 18.0 Å². The Morgan fingerprint density at radius 1 is 1.21 bits per heavy atom. The van der Waals surface area contributed by atoms with E-state index in [0.29, 0.717) is 11.4 Å². The molecule has 0 saturated carbocycles. The standard InChI is InChI=1S/C20H15F3N4O2/c1-11-3-4-14(29-2)7-17(11)25-20-26-19(28)13(8-24)10-27(20)9-12-5-15(21)18(23)16(22)6-12/h3-7,10H,9H2,1-2H3,(H,25,26,28). The topological polar surface area (TPSA) is 79.9 Å².